The van der Waals surface area contributed by atoms with Crippen molar-refractivity contribution in [3.8, 4) is 11.5 Å². The Morgan fingerprint density at radius 3 is 3.00 bits per heavy atom. The molecule has 0 saturated heterocycles. The maximum atomic E-state index is 11.6. The average Bonchev–Trinajstić information content (AvgIpc) is 2.39. The molecule has 0 radical (unpaired) electrons. The van der Waals surface area contributed by atoms with E-state index in [0.717, 1.165) is 24.1 Å². The van der Waals surface area contributed by atoms with E-state index in [9.17, 15) is 9.90 Å². The fraction of sp³-hybridized carbons (Fsp3) is 0.500. The van der Waals surface area contributed by atoms with Crippen LogP contribution in [0.2, 0.25) is 0 Å². The van der Waals surface area contributed by atoms with E-state index in [1.807, 2.05) is 6.07 Å². The average molecular weight is 265 g/mol. The van der Waals surface area contributed by atoms with Crippen LogP contribution in [0.5, 0.6) is 11.5 Å². The van der Waals surface area contributed by atoms with Gasteiger partial charge < -0.3 is 19.9 Å². The Bertz CT molecular complexity index is 473. The molecule has 0 amide bonds. The van der Waals surface area contributed by atoms with E-state index in [2.05, 4.69) is 5.32 Å². The normalized spacial score (nSPS) is 17.7. The van der Waals surface area contributed by atoms with E-state index in [0.29, 0.717) is 12.4 Å². The zero-order chi connectivity index (χ0) is 13.8. The summed E-state index contributed by atoms with van der Waals surface area (Å²) < 4.78 is 10.1. The first-order valence-electron chi connectivity index (χ1n) is 6.44. The van der Waals surface area contributed by atoms with Crippen molar-refractivity contribution in [2.24, 2.45) is 0 Å². The molecule has 0 saturated carbocycles. The molecule has 5 nitrogen and oxygen atoms in total. The number of carbonyl (C=O) groups excluding carboxylic acids is 1. The van der Waals surface area contributed by atoms with Gasteiger partial charge in [0.25, 0.3) is 0 Å². The highest BCUT2D eigenvalue weighted by molar-refractivity contribution is 5.70. The third kappa shape index (κ3) is 2.98. The number of phenolic OH excluding ortho intramolecular Hbond substituents is 1. The molecule has 1 heterocycles. The van der Waals surface area contributed by atoms with Gasteiger partial charge in [0.15, 0.2) is 11.5 Å². The Kier molecular flexibility index (Phi) is 4.27. The van der Waals surface area contributed by atoms with Gasteiger partial charge in [0.1, 0.15) is 0 Å². The highest BCUT2D eigenvalue weighted by atomic mass is 16.5. The lowest BCUT2D eigenvalue weighted by molar-refractivity contribution is -0.143. The van der Waals surface area contributed by atoms with Gasteiger partial charge in [-0.3, -0.25) is 4.79 Å². The predicted molar refractivity (Wildman–Crippen MR) is 70.4 cm³/mol. The van der Waals surface area contributed by atoms with E-state index in [1.165, 1.54) is 7.11 Å². The Balaban J connectivity index is 2.23. The molecule has 19 heavy (non-hydrogen) atoms. The second kappa shape index (κ2) is 5.93. The number of phenols is 1. The van der Waals surface area contributed by atoms with Crippen LogP contribution in [0.25, 0.3) is 0 Å². The van der Waals surface area contributed by atoms with E-state index in [-0.39, 0.29) is 24.2 Å². The first-order valence-corrected chi connectivity index (χ1v) is 6.44. The number of carbonyl (C=O) groups is 1. The molecule has 0 spiro atoms. The summed E-state index contributed by atoms with van der Waals surface area (Å²) in [6, 6.07) is 3.40. The van der Waals surface area contributed by atoms with Gasteiger partial charge in [-0.2, -0.15) is 0 Å². The van der Waals surface area contributed by atoms with Gasteiger partial charge in [-0.25, -0.2) is 0 Å². The molecule has 0 aromatic heterocycles. The quantitative estimate of drug-likeness (QED) is 0.808. The lowest BCUT2D eigenvalue weighted by Crippen LogP contribution is -2.31. The molecule has 0 aliphatic carbocycles. The Morgan fingerprint density at radius 1 is 1.53 bits per heavy atom. The maximum Gasteiger partial charge on any atom is 0.307 e. The topological polar surface area (TPSA) is 67.8 Å². The summed E-state index contributed by atoms with van der Waals surface area (Å²) in [5.41, 5.74) is 2.04. The molecular weight excluding hydrogens is 246 g/mol. The van der Waals surface area contributed by atoms with Crippen LogP contribution in [0.1, 0.15) is 30.5 Å². The van der Waals surface area contributed by atoms with Crippen LogP contribution in [0.15, 0.2) is 12.1 Å². The SMILES string of the molecule is CCOC(=O)C[C@H]1NCCc2cc(OC)c(O)cc21. The van der Waals surface area contributed by atoms with Gasteiger partial charge in [0.2, 0.25) is 0 Å². The highest BCUT2D eigenvalue weighted by Crippen LogP contribution is 2.35. The van der Waals surface area contributed by atoms with Crippen LogP contribution in [0, 0.1) is 0 Å². The van der Waals surface area contributed by atoms with Crippen LogP contribution in [0.4, 0.5) is 0 Å². The number of methoxy groups -OCH3 is 1. The van der Waals surface area contributed by atoms with Gasteiger partial charge in [-0.15, -0.1) is 0 Å². The lowest BCUT2D eigenvalue weighted by atomic mass is 9.92. The molecule has 0 unspecified atom stereocenters. The Labute approximate surface area is 112 Å². The Hall–Kier alpha value is -1.75. The smallest absolute Gasteiger partial charge is 0.307 e. The minimum atomic E-state index is -0.233. The molecule has 1 aromatic rings. The first-order chi connectivity index (χ1) is 9.15. The number of rotatable bonds is 4. The molecule has 1 atom stereocenters. The van der Waals surface area contributed by atoms with Crippen molar-refractivity contribution >= 4 is 5.97 Å². The largest absolute Gasteiger partial charge is 0.504 e. The van der Waals surface area contributed by atoms with Gasteiger partial charge >= 0.3 is 5.97 Å². The number of esters is 1. The minimum Gasteiger partial charge on any atom is -0.504 e. The molecule has 1 aromatic carbocycles. The summed E-state index contributed by atoms with van der Waals surface area (Å²) in [7, 11) is 1.53. The molecule has 2 rings (SSSR count). The summed E-state index contributed by atoms with van der Waals surface area (Å²) in [5, 5.41) is 13.1. The summed E-state index contributed by atoms with van der Waals surface area (Å²) >= 11 is 0. The van der Waals surface area contributed by atoms with Crippen LogP contribution < -0.4 is 10.1 Å². The zero-order valence-corrected chi connectivity index (χ0v) is 11.2. The molecule has 2 N–H and O–H groups in total. The van der Waals surface area contributed by atoms with Crippen molar-refractivity contribution < 1.29 is 19.4 Å². The minimum absolute atomic E-state index is 0.0961. The maximum absolute atomic E-state index is 11.6. The number of hydrogen-bond acceptors (Lipinski definition) is 5. The zero-order valence-electron chi connectivity index (χ0n) is 11.2. The first kappa shape index (κ1) is 13.7. The summed E-state index contributed by atoms with van der Waals surface area (Å²) in [6.07, 6.45) is 1.12. The Morgan fingerprint density at radius 2 is 2.32 bits per heavy atom. The van der Waals surface area contributed by atoms with Crippen LogP contribution in [-0.2, 0) is 16.0 Å². The van der Waals surface area contributed by atoms with Gasteiger partial charge in [0, 0.05) is 6.04 Å². The number of fused-ring (bicyclic) bond motifs is 1. The number of nitrogens with one attached hydrogen (secondary N) is 1. The van der Waals surface area contributed by atoms with Crippen LogP contribution in [0.3, 0.4) is 0 Å². The third-order valence-corrected chi connectivity index (χ3v) is 3.28. The number of aromatic hydroxyl groups is 1. The van der Waals surface area contributed by atoms with Crippen molar-refractivity contribution in [2.75, 3.05) is 20.3 Å². The molecule has 0 bridgehead atoms. The van der Waals surface area contributed by atoms with E-state index < -0.39 is 0 Å². The summed E-state index contributed by atoms with van der Waals surface area (Å²) in [4.78, 5) is 11.6. The summed E-state index contributed by atoms with van der Waals surface area (Å²) in [6.45, 7) is 2.97. The number of ether oxygens (including phenoxy) is 2. The van der Waals surface area contributed by atoms with Crippen molar-refractivity contribution in [3.05, 3.63) is 23.3 Å². The number of hydrogen-bond donors (Lipinski definition) is 2. The van der Waals surface area contributed by atoms with Crippen molar-refractivity contribution in [1.82, 2.24) is 5.32 Å². The standard InChI is InChI=1S/C14H19NO4/c1-3-19-14(17)8-11-10-7-12(16)13(18-2)6-9(10)4-5-15-11/h6-7,11,15-16H,3-5,8H2,1-2H3/t11-/m1/s1. The van der Waals surface area contributed by atoms with Gasteiger partial charge in [-0.05, 0) is 43.1 Å². The van der Waals surface area contributed by atoms with Gasteiger partial charge in [0.05, 0.1) is 20.1 Å². The fourth-order valence-electron chi connectivity index (χ4n) is 2.39. The highest BCUT2D eigenvalue weighted by Gasteiger charge is 2.24. The van der Waals surface area contributed by atoms with Crippen molar-refractivity contribution in [3.63, 3.8) is 0 Å². The fourth-order valence-corrected chi connectivity index (χ4v) is 2.39. The van der Waals surface area contributed by atoms with E-state index in [1.54, 1.807) is 13.0 Å². The van der Waals surface area contributed by atoms with Gasteiger partial charge in [-0.1, -0.05) is 0 Å². The molecule has 1 aliphatic rings. The lowest BCUT2D eigenvalue weighted by Gasteiger charge is -2.27. The van der Waals surface area contributed by atoms with E-state index in [4.69, 9.17) is 9.47 Å². The summed E-state index contributed by atoms with van der Waals surface area (Å²) in [5.74, 6) is 0.331. The molecule has 104 valence electrons. The second-order valence-electron chi connectivity index (χ2n) is 4.49. The molecule has 0 fully saturated rings. The van der Waals surface area contributed by atoms with Crippen LogP contribution in [-0.4, -0.2) is 31.3 Å². The predicted octanol–water partition coefficient (Wildman–Crippen LogP) is 1.54. The van der Waals surface area contributed by atoms with Crippen molar-refractivity contribution in [1.29, 1.82) is 0 Å². The molecule has 5 heteroatoms. The van der Waals surface area contributed by atoms with Crippen LogP contribution >= 0.6 is 0 Å². The second-order valence-corrected chi connectivity index (χ2v) is 4.49. The monoisotopic (exact) mass is 265 g/mol. The molecule has 1 aliphatic heterocycles. The van der Waals surface area contributed by atoms with Crippen molar-refractivity contribution in [2.45, 2.75) is 25.8 Å². The number of benzene rings is 1. The van der Waals surface area contributed by atoms with E-state index >= 15 is 0 Å². The molecular formula is C14H19NO4. The third-order valence-electron chi connectivity index (χ3n) is 3.28.